The fourth-order valence-corrected chi connectivity index (χ4v) is 4.90. The molecule has 0 saturated carbocycles. The van der Waals surface area contributed by atoms with Crippen LogP contribution in [0.15, 0.2) is 35.2 Å². The van der Waals surface area contributed by atoms with E-state index in [4.69, 9.17) is 4.74 Å². The van der Waals surface area contributed by atoms with Gasteiger partial charge in [-0.05, 0) is 62.6 Å². The van der Waals surface area contributed by atoms with Crippen LogP contribution in [0.2, 0.25) is 0 Å². The molecule has 2 rings (SSSR count). The Morgan fingerprint density at radius 2 is 1.55 bits per heavy atom. The van der Waals surface area contributed by atoms with E-state index in [1.54, 1.807) is 19.1 Å². The molecular weight excluding hydrogens is 388 g/mol. The average molecular weight is 419 g/mol. The van der Waals surface area contributed by atoms with Crippen LogP contribution in [0.4, 0.5) is 5.69 Å². The molecule has 0 aromatic heterocycles. The van der Waals surface area contributed by atoms with Crippen molar-refractivity contribution in [3.05, 3.63) is 52.6 Å². The van der Waals surface area contributed by atoms with Gasteiger partial charge in [0.05, 0.1) is 4.90 Å². The quantitative estimate of drug-likeness (QED) is 0.704. The maximum atomic E-state index is 12.6. The van der Waals surface area contributed by atoms with Crippen LogP contribution < -0.4 is 10.1 Å². The van der Waals surface area contributed by atoms with Gasteiger partial charge in [-0.3, -0.25) is 4.79 Å². The molecule has 158 valence electrons. The Bertz CT molecular complexity index is 973. The zero-order valence-electron chi connectivity index (χ0n) is 18.0. The maximum absolute atomic E-state index is 12.6. The van der Waals surface area contributed by atoms with Crippen molar-refractivity contribution in [3.63, 3.8) is 0 Å². The minimum absolute atomic E-state index is 0.157. The van der Waals surface area contributed by atoms with Crippen LogP contribution >= 0.6 is 0 Å². The number of benzene rings is 2. The Morgan fingerprint density at radius 3 is 2.07 bits per heavy atom. The number of anilines is 1. The fourth-order valence-electron chi connectivity index (χ4n) is 3.35. The first-order valence-electron chi connectivity index (χ1n) is 9.71. The molecule has 0 unspecified atom stereocenters. The Hall–Kier alpha value is -2.38. The molecule has 1 amide bonds. The third kappa shape index (κ3) is 5.36. The summed E-state index contributed by atoms with van der Waals surface area (Å²) in [4.78, 5) is 12.6. The fraction of sp³-hybridized carbons (Fsp3) is 0.409. The van der Waals surface area contributed by atoms with Gasteiger partial charge in [0, 0.05) is 18.8 Å². The van der Waals surface area contributed by atoms with Crippen LogP contribution in [0, 0.1) is 27.7 Å². The topological polar surface area (TPSA) is 75.7 Å². The van der Waals surface area contributed by atoms with E-state index in [-0.39, 0.29) is 17.4 Å². The van der Waals surface area contributed by atoms with Gasteiger partial charge in [0.15, 0.2) is 6.61 Å². The molecule has 7 heteroatoms. The minimum Gasteiger partial charge on any atom is -0.483 e. The molecule has 0 aliphatic carbocycles. The lowest BCUT2D eigenvalue weighted by Crippen LogP contribution is -2.30. The molecule has 0 spiro atoms. The van der Waals surface area contributed by atoms with E-state index in [1.165, 1.54) is 10.4 Å². The van der Waals surface area contributed by atoms with Crippen molar-refractivity contribution in [1.29, 1.82) is 0 Å². The van der Waals surface area contributed by atoms with E-state index in [2.05, 4.69) is 5.32 Å². The van der Waals surface area contributed by atoms with Crippen LogP contribution in [0.3, 0.4) is 0 Å². The predicted molar refractivity (Wildman–Crippen MR) is 116 cm³/mol. The minimum atomic E-state index is -3.53. The van der Waals surface area contributed by atoms with E-state index >= 15 is 0 Å². The van der Waals surface area contributed by atoms with Gasteiger partial charge in [0.2, 0.25) is 10.0 Å². The average Bonchev–Trinajstić information content (AvgIpc) is 2.64. The Labute approximate surface area is 173 Å². The van der Waals surface area contributed by atoms with Gasteiger partial charge in [-0.1, -0.05) is 31.5 Å². The smallest absolute Gasteiger partial charge is 0.262 e. The highest BCUT2D eigenvalue weighted by Crippen LogP contribution is 2.25. The van der Waals surface area contributed by atoms with Crippen molar-refractivity contribution in [3.8, 4) is 5.75 Å². The van der Waals surface area contributed by atoms with Crippen molar-refractivity contribution in [1.82, 2.24) is 4.31 Å². The van der Waals surface area contributed by atoms with Crippen molar-refractivity contribution in [2.45, 2.75) is 46.4 Å². The molecule has 0 heterocycles. The second-order valence-corrected chi connectivity index (χ2v) is 9.07. The van der Waals surface area contributed by atoms with Gasteiger partial charge in [-0.2, -0.15) is 4.31 Å². The maximum Gasteiger partial charge on any atom is 0.262 e. The lowest BCUT2D eigenvalue weighted by molar-refractivity contribution is -0.118. The molecule has 1 N–H and O–H groups in total. The molecule has 0 atom stereocenters. The Kier molecular flexibility index (Phi) is 7.43. The highest BCUT2D eigenvalue weighted by molar-refractivity contribution is 7.89. The van der Waals surface area contributed by atoms with Crippen molar-refractivity contribution in [2.75, 3.05) is 25.0 Å². The first-order valence-corrected chi connectivity index (χ1v) is 11.1. The molecule has 2 aromatic rings. The second-order valence-electron chi connectivity index (χ2n) is 7.13. The lowest BCUT2D eigenvalue weighted by Gasteiger charge is -2.19. The van der Waals surface area contributed by atoms with E-state index in [1.807, 2.05) is 46.8 Å². The van der Waals surface area contributed by atoms with Gasteiger partial charge in [-0.15, -0.1) is 0 Å². The van der Waals surface area contributed by atoms with Crippen LogP contribution in [-0.4, -0.2) is 38.3 Å². The van der Waals surface area contributed by atoms with E-state index in [9.17, 15) is 13.2 Å². The van der Waals surface area contributed by atoms with Gasteiger partial charge >= 0.3 is 0 Å². The third-order valence-corrected chi connectivity index (χ3v) is 6.84. The normalized spacial score (nSPS) is 11.6. The van der Waals surface area contributed by atoms with Crippen LogP contribution in [-0.2, 0) is 14.8 Å². The summed E-state index contributed by atoms with van der Waals surface area (Å²) >= 11 is 0. The van der Waals surface area contributed by atoms with E-state index in [0.717, 1.165) is 22.4 Å². The van der Waals surface area contributed by atoms with Crippen LogP contribution in [0.5, 0.6) is 5.75 Å². The van der Waals surface area contributed by atoms with Gasteiger partial charge in [0.25, 0.3) is 5.91 Å². The molecule has 2 aromatic carbocycles. The van der Waals surface area contributed by atoms with Crippen molar-refractivity contribution < 1.29 is 17.9 Å². The Morgan fingerprint density at radius 1 is 0.966 bits per heavy atom. The summed E-state index contributed by atoms with van der Waals surface area (Å²) in [7, 11) is -3.53. The number of nitrogens with one attached hydrogen (secondary N) is 1. The predicted octanol–water partition coefficient (Wildman–Crippen LogP) is 3.97. The summed E-state index contributed by atoms with van der Waals surface area (Å²) in [6.45, 7) is 12.0. The van der Waals surface area contributed by atoms with Gasteiger partial charge < -0.3 is 10.1 Å². The summed E-state index contributed by atoms with van der Waals surface area (Å²) < 4.78 is 32.3. The number of sulfonamides is 1. The summed E-state index contributed by atoms with van der Waals surface area (Å²) in [6.07, 6.45) is 0. The number of nitrogens with zero attached hydrogens (tertiary/aromatic N) is 1. The summed E-state index contributed by atoms with van der Waals surface area (Å²) in [5.41, 5.74) is 4.59. The summed E-state index contributed by atoms with van der Waals surface area (Å²) in [5.74, 6) is 0.218. The molecule has 0 fully saturated rings. The van der Waals surface area contributed by atoms with Crippen LogP contribution in [0.1, 0.15) is 36.1 Å². The van der Waals surface area contributed by atoms with Crippen molar-refractivity contribution >= 4 is 21.6 Å². The molecule has 0 aliphatic rings. The van der Waals surface area contributed by atoms with Crippen molar-refractivity contribution in [2.24, 2.45) is 0 Å². The summed E-state index contributed by atoms with van der Waals surface area (Å²) in [6, 6.07) is 8.73. The molecule has 6 nitrogen and oxygen atoms in total. The highest BCUT2D eigenvalue weighted by atomic mass is 32.2. The van der Waals surface area contributed by atoms with E-state index < -0.39 is 10.0 Å². The molecule has 29 heavy (non-hydrogen) atoms. The zero-order chi connectivity index (χ0) is 21.8. The third-order valence-electron chi connectivity index (χ3n) is 4.79. The zero-order valence-corrected chi connectivity index (χ0v) is 18.8. The van der Waals surface area contributed by atoms with E-state index in [0.29, 0.717) is 24.4 Å². The number of hydrogen-bond donors (Lipinski definition) is 1. The standard InChI is InChI=1S/C22H30N2O4S/c1-7-24(8-2)29(26,27)19-9-10-20(16(4)13-19)28-14-21(25)23-22-17(5)11-15(3)12-18(22)6/h9-13H,7-8,14H2,1-6H3,(H,23,25). The molecular formula is C22H30N2O4S. The molecule has 0 aliphatic heterocycles. The molecule has 0 saturated heterocycles. The Balaban J connectivity index is 2.09. The summed E-state index contributed by atoms with van der Waals surface area (Å²) in [5, 5.41) is 2.89. The number of aryl methyl sites for hydroxylation is 4. The number of ether oxygens (including phenoxy) is 1. The first-order chi connectivity index (χ1) is 13.6. The molecule has 0 radical (unpaired) electrons. The number of amides is 1. The van der Waals surface area contributed by atoms with Gasteiger partial charge in [-0.25, -0.2) is 8.42 Å². The second kappa shape index (κ2) is 9.41. The number of hydrogen-bond acceptors (Lipinski definition) is 4. The van der Waals surface area contributed by atoms with Crippen LogP contribution in [0.25, 0.3) is 0 Å². The first kappa shape index (κ1) is 22.9. The molecule has 0 bridgehead atoms. The largest absolute Gasteiger partial charge is 0.483 e. The highest BCUT2D eigenvalue weighted by Gasteiger charge is 2.22. The number of carbonyl (C=O) groups is 1. The van der Waals surface area contributed by atoms with Gasteiger partial charge in [0.1, 0.15) is 5.75 Å². The SMILES string of the molecule is CCN(CC)S(=O)(=O)c1ccc(OCC(=O)Nc2c(C)cc(C)cc2C)c(C)c1. The monoisotopic (exact) mass is 418 g/mol. The lowest BCUT2D eigenvalue weighted by atomic mass is 10.1. The number of rotatable bonds is 8. The number of carbonyl (C=O) groups excluding carboxylic acids is 1.